The van der Waals surface area contributed by atoms with Crippen molar-refractivity contribution in [3.05, 3.63) is 29.3 Å². The summed E-state index contributed by atoms with van der Waals surface area (Å²) >= 11 is 3.57. The highest BCUT2D eigenvalue weighted by Gasteiger charge is 2.40. The van der Waals surface area contributed by atoms with Crippen LogP contribution < -0.4 is 4.43 Å². The first kappa shape index (κ1) is 22.9. The number of rotatable bonds is 6. The Hall–Kier alpha value is -0.106. The minimum absolute atomic E-state index is 0.179. The molecule has 0 aromatic heterocycles. The van der Waals surface area contributed by atoms with Crippen LogP contribution in [0.3, 0.4) is 0 Å². The van der Waals surface area contributed by atoms with E-state index >= 15 is 0 Å². The van der Waals surface area contributed by atoms with Crippen LogP contribution in [-0.2, 0) is 16.4 Å². The van der Waals surface area contributed by atoms with Gasteiger partial charge in [0.1, 0.15) is 5.75 Å². The average molecular weight is 446 g/mol. The van der Waals surface area contributed by atoms with Crippen LogP contribution in [0.2, 0.25) is 36.3 Å². The van der Waals surface area contributed by atoms with E-state index in [9.17, 15) is 0 Å². The van der Waals surface area contributed by atoms with Crippen molar-refractivity contribution in [2.45, 2.75) is 89.7 Å². The van der Waals surface area contributed by atoms with Crippen LogP contribution in [0.4, 0.5) is 0 Å². The van der Waals surface area contributed by atoms with E-state index in [1.807, 2.05) is 0 Å². The fraction of sp³-hybridized carbons (Fsp3) is 0.700. The summed E-state index contributed by atoms with van der Waals surface area (Å²) in [4.78, 5) is 0. The van der Waals surface area contributed by atoms with Gasteiger partial charge >= 0.3 is 0 Å². The molecule has 0 bridgehead atoms. The van der Waals surface area contributed by atoms with Crippen molar-refractivity contribution < 1.29 is 8.85 Å². The van der Waals surface area contributed by atoms with Gasteiger partial charge in [-0.1, -0.05) is 63.5 Å². The van der Waals surface area contributed by atoms with Gasteiger partial charge in [-0.05, 0) is 54.0 Å². The average Bonchev–Trinajstić information content (AvgIpc) is 2.43. The highest BCUT2D eigenvalue weighted by Crippen LogP contribution is 2.40. The van der Waals surface area contributed by atoms with Gasteiger partial charge in [0.05, 0.1) is 6.61 Å². The van der Waals surface area contributed by atoms with Gasteiger partial charge in [-0.25, -0.2) is 0 Å². The van der Waals surface area contributed by atoms with Crippen LogP contribution >= 0.6 is 15.9 Å². The van der Waals surface area contributed by atoms with E-state index in [4.69, 9.17) is 8.85 Å². The fourth-order valence-corrected chi connectivity index (χ4v) is 4.18. The molecule has 1 aromatic carbocycles. The third-order valence-electron chi connectivity index (χ3n) is 5.85. The lowest BCUT2D eigenvalue weighted by Gasteiger charge is -2.38. The van der Waals surface area contributed by atoms with Crippen molar-refractivity contribution in [3.8, 4) is 5.75 Å². The van der Waals surface area contributed by atoms with Crippen molar-refractivity contribution in [2.24, 2.45) is 0 Å². The van der Waals surface area contributed by atoms with Gasteiger partial charge in [-0.2, -0.15) is 0 Å². The molecule has 0 aliphatic carbocycles. The molecular formula is C20H37BrO2Si2. The van der Waals surface area contributed by atoms with Gasteiger partial charge in [0, 0.05) is 10.9 Å². The van der Waals surface area contributed by atoms with Crippen LogP contribution in [0.25, 0.3) is 0 Å². The number of hydrogen-bond acceptors (Lipinski definition) is 2. The Kier molecular flexibility index (Phi) is 7.22. The molecule has 0 radical (unpaired) electrons. The fourth-order valence-electron chi connectivity index (χ4n) is 1.83. The maximum absolute atomic E-state index is 6.61. The Balaban J connectivity index is 3.13. The van der Waals surface area contributed by atoms with Gasteiger partial charge < -0.3 is 8.85 Å². The van der Waals surface area contributed by atoms with Crippen molar-refractivity contribution in [1.29, 1.82) is 0 Å². The lowest BCUT2D eigenvalue weighted by molar-refractivity contribution is 0.272. The number of hydrogen-bond donors (Lipinski definition) is 0. The Morgan fingerprint density at radius 1 is 0.880 bits per heavy atom. The molecule has 0 saturated carbocycles. The summed E-state index contributed by atoms with van der Waals surface area (Å²) in [5.41, 5.74) is 2.43. The second-order valence-corrected chi connectivity index (χ2v) is 20.1. The summed E-state index contributed by atoms with van der Waals surface area (Å²) in [6, 6.07) is 6.50. The molecule has 0 amide bonds. The molecule has 0 atom stereocenters. The highest BCUT2D eigenvalue weighted by atomic mass is 79.9. The molecule has 0 N–H and O–H groups in total. The minimum atomic E-state index is -1.87. The zero-order chi connectivity index (χ0) is 19.7. The minimum Gasteiger partial charge on any atom is -0.543 e. The molecule has 0 aliphatic heterocycles. The first-order chi connectivity index (χ1) is 11.1. The summed E-state index contributed by atoms with van der Waals surface area (Å²) < 4.78 is 13.1. The summed E-state index contributed by atoms with van der Waals surface area (Å²) in [6.07, 6.45) is 0. The van der Waals surface area contributed by atoms with Gasteiger partial charge in [0.25, 0.3) is 0 Å². The zero-order valence-electron chi connectivity index (χ0n) is 17.8. The van der Waals surface area contributed by atoms with Gasteiger partial charge in [0.15, 0.2) is 8.32 Å². The van der Waals surface area contributed by atoms with E-state index in [1.165, 1.54) is 11.1 Å². The lowest BCUT2D eigenvalue weighted by atomic mass is 10.1. The molecular weight excluding hydrogens is 408 g/mol. The summed E-state index contributed by atoms with van der Waals surface area (Å²) in [6.45, 7) is 23.5. The molecule has 144 valence electrons. The van der Waals surface area contributed by atoms with Crippen LogP contribution in [0.1, 0.15) is 52.7 Å². The van der Waals surface area contributed by atoms with Gasteiger partial charge in [-0.3, -0.25) is 0 Å². The van der Waals surface area contributed by atoms with Crippen molar-refractivity contribution in [3.63, 3.8) is 0 Å². The highest BCUT2D eigenvalue weighted by molar-refractivity contribution is 9.08. The van der Waals surface area contributed by atoms with Gasteiger partial charge in [-0.15, -0.1) is 0 Å². The molecule has 0 saturated heterocycles. The molecule has 0 unspecified atom stereocenters. The maximum Gasteiger partial charge on any atom is 0.250 e. The zero-order valence-corrected chi connectivity index (χ0v) is 21.4. The van der Waals surface area contributed by atoms with E-state index in [1.54, 1.807) is 0 Å². The van der Waals surface area contributed by atoms with Crippen LogP contribution in [0.15, 0.2) is 18.2 Å². The molecule has 25 heavy (non-hydrogen) atoms. The molecule has 0 spiro atoms. The predicted octanol–water partition coefficient (Wildman–Crippen LogP) is 7.49. The van der Waals surface area contributed by atoms with E-state index in [2.05, 4.69) is 102 Å². The number of alkyl halides is 1. The smallest absolute Gasteiger partial charge is 0.250 e. The topological polar surface area (TPSA) is 18.5 Å². The lowest BCUT2D eigenvalue weighted by Crippen LogP contribution is -2.44. The quantitative estimate of drug-likeness (QED) is 0.334. The molecule has 2 nitrogen and oxygen atoms in total. The first-order valence-electron chi connectivity index (χ1n) is 9.11. The van der Waals surface area contributed by atoms with E-state index < -0.39 is 16.6 Å². The SMILES string of the molecule is CC(C)(C)[Si](C)(C)OCc1cc(CBr)ccc1O[Si](C)(C)C(C)(C)C. The second-order valence-electron chi connectivity index (χ2n) is 9.99. The van der Waals surface area contributed by atoms with Crippen molar-refractivity contribution >= 4 is 32.6 Å². The maximum atomic E-state index is 6.61. The Bertz CT molecular complexity index is 584. The molecule has 1 aromatic rings. The van der Waals surface area contributed by atoms with Crippen LogP contribution in [-0.4, -0.2) is 16.6 Å². The Morgan fingerprint density at radius 3 is 1.84 bits per heavy atom. The third-order valence-corrected chi connectivity index (χ3v) is 15.3. The van der Waals surface area contributed by atoms with E-state index in [0.717, 1.165) is 11.1 Å². The third kappa shape index (κ3) is 5.94. The number of halogens is 1. The molecule has 0 heterocycles. The predicted molar refractivity (Wildman–Crippen MR) is 119 cm³/mol. The molecule has 1 rings (SSSR count). The van der Waals surface area contributed by atoms with Crippen molar-refractivity contribution in [2.75, 3.05) is 0 Å². The largest absolute Gasteiger partial charge is 0.543 e. The summed E-state index contributed by atoms with van der Waals surface area (Å²) in [7, 11) is -3.66. The normalized spacial score (nSPS) is 13.9. The first-order valence-corrected chi connectivity index (χ1v) is 16.1. The Morgan fingerprint density at radius 2 is 1.40 bits per heavy atom. The van der Waals surface area contributed by atoms with E-state index in [0.29, 0.717) is 6.61 Å². The van der Waals surface area contributed by atoms with Gasteiger partial charge in [0.2, 0.25) is 8.32 Å². The van der Waals surface area contributed by atoms with Crippen molar-refractivity contribution in [1.82, 2.24) is 0 Å². The summed E-state index contributed by atoms with van der Waals surface area (Å²) in [5, 5.41) is 1.24. The van der Waals surface area contributed by atoms with E-state index in [-0.39, 0.29) is 10.1 Å². The molecule has 0 fully saturated rings. The van der Waals surface area contributed by atoms with Crippen LogP contribution in [0.5, 0.6) is 5.75 Å². The van der Waals surface area contributed by atoms with Crippen LogP contribution in [0, 0.1) is 0 Å². The molecule has 5 heteroatoms. The standard InChI is InChI=1S/C20H37BrO2Si2/c1-19(2,3)24(7,8)22-15-17-13-16(14-21)11-12-18(17)23-25(9,10)20(4,5)6/h11-13H,14-15H2,1-10H3. The Labute approximate surface area is 166 Å². The number of benzene rings is 1. The second kappa shape index (κ2) is 7.87. The summed E-state index contributed by atoms with van der Waals surface area (Å²) in [5.74, 6) is 0.995. The monoisotopic (exact) mass is 444 g/mol. The molecule has 0 aliphatic rings.